The van der Waals surface area contributed by atoms with Gasteiger partial charge < -0.3 is 20.0 Å². The Hall–Kier alpha value is -5.79. The highest BCUT2D eigenvalue weighted by Crippen LogP contribution is 2.37. The minimum Gasteiger partial charge on any atom is -0.364 e. The van der Waals surface area contributed by atoms with Gasteiger partial charge in [0.05, 0.1) is 47.2 Å². The predicted octanol–water partition coefficient (Wildman–Crippen LogP) is 5.31. The molecule has 2 atom stereocenters. The molecule has 61 heavy (non-hydrogen) atoms. The lowest BCUT2D eigenvalue weighted by Crippen LogP contribution is -2.56. The van der Waals surface area contributed by atoms with Gasteiger partial charge in [0.2, 0.25) is 11.8 Å². The number of piperidine rings is 2. The largest absolute Gasteiger partial charge is 0.364 e. The van der Waals surface area contributed by atoms with Crippen molar-refractivity contribution < 1.29 is 31.9 Å². The van der Waals surface area contributed by atoms with Gasteiger partial charge in [-0.25, -0.2) is 31.9 Å². The molecule has 4 fully saturated rings. The highest BCUT2D eigenvalue weighted by Gasteiger charge is 2.46. The molecule has 16 nitrogen and oxygen atoms in total. The molecule has 9 rings (SSSR count). The van der Waals surface area contributed by atoms with Crippen LogP contribution in [0.3, 0.4) is 0 Å². The van der Waals surface area contributed by atoms with Crippen LogP contribution in [0.25, 0.3) is 16.7 Å². The van der Waals surface area contributed by atoms with Gasteiger partial charge in [0.1, 0.15) is 17.4 Å². The average Bonchev–Trinajstić information content (AvgIpc) is 4.05. The maximum absolute atomic E-state index is 14.8. The van der Waals surface area contributed by atoms with E-state index in [0.717, 1.165) is 63.9 Å². The molecular weight excluding hydrogens is 801 g/mol. The minimum atomic E-state index is -2.91. The van der Waals surface area contributed by atoms with Crippen LogP contribution in [0.5, 0.6) is 0 Å². The Labute approximate surface area is 348 Å². The Morgan fingerprint density at radius 3 is 2.41 bits per heavy atom. The van der Waals surface area contributed by atoms with E-state index in [4.69, 9.17) is 0 Å². The Morgan fingerprint density at radius 1 is 0.967 bits per heavy atom. The van der Waals surface area contributed by atoms with Crippen LogP contribution in [-0.4, -0.2) is 108 Å². The van der Waals surface area contributed by atoms with Crippen molar-refractivity contribution in [2.45, 2.75) is 94.7 Å². The number of imidazole rings is 1. The molecular formula is C41H50F4N12O4. The zero-order valence-corrected chi connectivity index (χ0v) is 34.4. The Morgan fingerprint density at radius 2 is 1.72 bits per heavy atom. The van der Waals surface area contributed by atoms with E-state index in [2.05, 4.69) is 30.7 Å². The number of benzene rings is 1. The van der Waals surface area contributed by atoms with Gasteiger partial charge in [0, 0.05) is 45.5 Å². The summed E-state index contributed by atoms with van der Waals surface area (Å²) >= 11 is 0. The van der Waals surface area contributed by atoms with Gasteiger partial charge in [0.25, 0.3) is 18.3 Å². The van der Waals surface area contributed by atoms with Crippen molar-refractivity contribution in [2.24, 2.45) is 7.05 Å². The zero-order chi connectivity index (χ0) is 43.2. The van der Waals surface area contributed by atoms with Crippen LogP contribution in [0.15, 0.2) is 47.7 Å². The second kappa shape index (κ2) is 16.9. The van der Waals surface area contributed by atoms with E-state index in [1.165, 1.54) is 26.0 Å². The third-order valence-corrected chi connectivity index (χ3v) is 12.3. The Bertz CT molecular complexity index is 2500. The first-order valence-electron chi connectivity index (χ1n) is 20.8. The molecule has 0 bridgehead atoms. The number of nitrogens with one attached hydrogen (secondary N) is 2. The van der Waals surface area contributed by atoms with Crippen LogP contribution in [0, 0.1) is 0 Å². The molecule has 4 aliphatic rings. The van der Waals surface area contributed by atoms with E-state index in [1.807, 2.05) is 6.07 Å². The second-order valence-electron chi connectivity index (χ2n) is 16.5. The standard InChI is InChI=1S/C21H25F2N7O.C20H25F2N5O3/c22-19(23)18-16(13-30(27-18)14-6-2-1-3-7-14)25-21(31)15-12-24-29-11-8-17(26-20(15)29)28-9-4-5-10-28;1-24(2)15-9-10-26(11-20(15,21)22)12-5-4-6-13-17(12)25(3)19(30)27(13)14-7-8-16(28)23-18(14)29/h8,11-14,19H,1-7,9-10H2,(H,25,31);4-6,14-15H,7-11H2,1-3H3,(H,23,28,29). The van der Waals surface area contributed by atoms with Crippen LogP contribution < -0.4 is 26.1 Å². The number of carbonyl (C=O) groups excluding carboxylic acids is 3. The first-order chi connectivity index (χ1) is 29.2. The van der Waals surface area contributed by atoms with E-state index in [-0.39, 0.29) is 42.5 Å². The van der Waals surface area contributed by atoms with E-state index < -0.39 is 54.2 Å². The first-order valence-corrected chi connectivity index (χ1v) is 20.8. The van der Waals surface area contributed by atoms with Crippen LogP contribution in [-0.2, 0) is 16.6 Å². The molecule has 0 radical (unpaired) electrons. The van der Waals surface area contributed by atoms with Gasteiger partial charge in [-0.15, -0.1) is 0 Å². The molecule has 2 unspecified atom stereocenters. The highest BCUT2D eigenvalue weighted by atomic mass is 19.3. The number of aryl methyl sites for hydroxylation is 1. The SMILES string of the molecule is CN(C)C1CCN(c2cccc3c2n(C)c(=O)n3C2CCC(=O)NC2=O)CC1(F)F.O=C(Nc1cn(C2CCCCC2)nc1C(F)F)c1cnn2ccc(N3CCCC3)nc12. The van der Waals surface area contributed by atoms with Crippen molar-refractivity contribution in [2.75, 3.05) is 55.4 Å². The molecule has 0 spiro atoms. The van der Waals surface area contributed by atoms with Gasteiger partial charge in [-0.1, -0.05) is 25.3 Å². The molecule has 1 saturated carbocycles. The molecule has 326 valence electrons. The number of imide groups is 1. The van der Waals surface area contributed by atoms with Gasteiger partial charge >= 0.3 is 5.69 Å². The van der Waals surface area contributed by atoms with E-state index in [0.29, 0.717) is 28.9 Å². The number of aromatic nitrogens is 7. The molecule has 1 aromatic carbocycles. The summed E-state index contributed by atoms with van der Waals surface area (Å²) in [5.41, 5.74) is 1.41. The van der Waals surface area contributed by atoms with Gasteiger partial charge in [0.15, 0.2) is 11.3 Å². The number of carbonyl (C=O) groups is 3. The molecule has 4 aromatic heterocycles. The number of hydrogen-bond donors (Lipinski definition) is 2. The lowest BCUT2D eigenvalue weighted by atomic mass is 9.96. The lowest BCUT2D eigenvalue weighted by molar-refractivity contribution is -0.135. The fourth-order valence-electron chi connectivity index (χ4n) is 9.20. The summed E-state index contributed by atoms with van der Waals surface area (Å²) in [6.45, 7) is 1.83. The normalized spacial score (nSPS) is 21.1. The van der Waals surface area contributed by atoms with Gasteiger partial charge in [-0.2, -0.15) is 10.2 Å². The molecule has 7 heterocycles. The Balaban J connectivity index is 0.000000169. The molecule has 1 aliphatic carbocycles. The number of hydrogen-bond acceptors (Lipinski definition) is 10. The predicted molar refractivity (Wildman–Crippen MR) is 220 cm³/mol. The van der Waals surface area contributed by atoms with Crippen LogP contribution in [0.1, 0.15) is 98.8 Å². The summed E-state index contributed by atoms with van der Waals surface area (Å²) in [4.78, 5) is 59.8. The molecule has 20 heteroatoms. The molecule has 3 saturated heterocycles. The van der Waals surface area contributed by atoms with Crippen molar-refractivity contribution in [3.05, 3.63) is 64.6 Å². The molecule has 2 N–H and O–H groups in total. The van der Waals surface area contributed by atoms with E-state index in [9.17, 15) is 36.7 Å². The van der Waals surface area contributed by atoms with E-state index in [1.54, 1.807) is 60.0 Å². The smallest absolute Gasteiger partial charge is 0.329 e. The van der Waals surface area contributed by atoms with Gasteiger partial charge in [-0.05, 0) is 70.8 Å². The van der Waals surface area contributed by atoms with Crippen molar-refractivity contribution in [1.82, 2.24) is 43.7 Å². The lowest BCUT2D eigenvalue weighted by Gasteiger charge is -2.42. The quantitative estimate of drug-likeness (QED) is 0.155. The second-order valence-corrected chi connectivity index (χ2v) is 16.5. The fraction of sp³-hybridized carbons (Fsp3) is 0.537. The van der Waals surface area contributed by atoms with Crippen molar-refractivity contribution in [3.63, 3.8) is 0 Å². The van der Waals surface area contributed by atoms with Crippen LogP contribution >= 0.6 is 0 Å². The summed E-state index contributed by atoms with van der Waals surface area (Å²) in [6.07, 6.45) is 9.91. The number of para-hydroxylation sites is 1. The average molecular weight is 851 g/mol. The summed E-state index contributed by atoms with van der Waals surface area (Å²) in [5, 5.41) is 13.2. The number of anilines is 3. The van der Waals surface area contributed by atoms with Crippen molar-refractivity contribution >= 4 is 51.6 Å². The number of alkyl halides is 4. The molecule has 5 aromatic rings. The Kier molecular flexibility index (Phi) is 11.6. The third kappa shape index (κ3) is 8.20. The zero-order valence-electron chi connectivity index (χ0n) is 34.4. The molecule has 3 aliphatic heterocycles. The third-order valence-electron chi connectivity index (χ3n) is 12.3. The number of rotatable bonds is 8. The van der Waals surface area contributed by atoms with Crippen LogP contribution in [0.4, 0.5) is 34.8 Å². The highest BCUT2D eigenvalue weighted by molar-refractivity contribution is 6.08. The van der Waals surface area contributed by atoms with Crippen LogP contribution in [0.2, 0.25) is 0 Å². The number of amides is 3. The number of fused-ring (bicyclic) bond motifs is 2. The number of nitrogens with zero attached hydrogens (tertiary/aromatic N) is 10. The summed E-state index contributed by atoms with van der Waals surface area (Å²) < 4.78 is 62.7. The molecule has 3 amide bonds. The number of halogens is 4. The summed E-state index contributed by atoms with van der Waals surface area (Å²) in [5.74, 6) is -3.53. The van der Waals surface area contributed by atoms with Crippen molar-refractivity contribution in [3.8, 4) is 0 Å². The van der Waals surface area contributed by atoms with E-state index >= 15 is 0 Å². The maximum Gasteiger partial charge on any atom is 0.329 e. The first kappa shape index (κ1) is 41.9. The maximum atomic E-state index is 14.8. The van der Waals surface area contributed by atoms with Crippen molar-refractivity contribution in [1.29, 1.82) is 0 Å². The minimum absolute atomic E-state index is 0.0422. The summed E-state index contributed by atoms with van der Waals surface area (Å²) in [6, 6.07) is 5.45. The fourth-order valence-corrected chi connectivity index (χ4v) is 9.20. The summed E-state index contributed by atoms with van der Waals surface area (Å²) in [7, 11) is 4.87. The van der Waals surface area contributed by atoms with Gasteiger partial charge in [-0.3, -0.25) is 33.5 Å². The topological polar surface area (TPSA) is 160 Å². The monoisotopic (exact) mass is 850 g/mol.